The summed E-state index contributed by atoms with van der Waals surface area (Å²) < 4.78 is 14.9. The van der Waals surface area contributed by atoms with Crippen LogP contribution in [0.4, 0.5) is 4.39 Å². The minimum atomic E-state index is -0.159. The van der Waals surface area contributed by atoms with Crippen molar-refractivity contribution in [2.75, 3.05) is 6.54 Å². The van der Waals surface area contributed by atoms with E-state index in [4.69, 9.17) is 0 Å². The van der Waals surface area contributed by atoms with Crippen molar-refractivity contribution >= 4 is 21.5 Å². The zero-order chi connectivity index (χ0) is 13.3. The standard InChI is InChI=1S/C15H19BrFN/c1-15(2,3)14-12(5-4-8-18-14)11-7-6-10(16)9-13(11)17/h5-7,9,14,18H,4,8H2,1-3H3. The molecule has 1 unspecified atom stereocenters. The Kier molecular flexibility index (Phi) is 3.93. The molecule has 1 aliphatic heterocycles. The summed E-state index contributed by atoms with van der Waals surface area (Å²) in [5, 5.41) is 3.50. The van der Waals surface area contributed by atoms with Crippen molar-refractivity contribution in [1.29, 1.82) is 0 Å². The molecule has 1 aromatic carbocycles. The van der Waals surface area contributed by atoms with Crippen molar-refractivity contribution in [3.63, 3.8) is 0 Å². The third kappa shape index (κ3) is 2.83. The molecule has 1 heterocycles. The van der Waals surface area contributed by atoms with E-state index < -0.39 is 0 Å². The molecule has 0 aromatic heterocycles. The number of rotatable bonds is 1. The van der Waals surface area contributed by atoms with Crippen molar-refractivity contribution in [3.8, 4) is 0 Å². The zero-order valence-electron chi connectivity index (χ0n) is 11.1. The van der Waals surface area contributed by atoms with Gasteiger partial charge in [-0.2, -0.15) is 0 Å². The van der Waals surface area contributed by atoms with Gasteiger partial charge in [-0.15, -0.1) is 0 Å². The van der Waals surface area contributed by atoms with E-state index in [2.05, 4.69) is 48.1 Å². The van der Waals surface area contributed by atoms with Crippen molar-refractivity contribution in [2.24, 2.45) is 5.41 Å². The Bertz CT molecular complexity index is 474. The number of hydrogen-bond donors (Lipinski definition) is 1. The highest BCUT2D eigenvalue weighted by Crippen LogP contribution is 2.34. The highest BCUT2D eigenvalue weighted by atomic mass is 79.9. The summed E-state index contributed by atoms with van der Waals surface area (Å²) in [5.74, 6) is -0.159. The SMILES string of the molecule is CC(C)(C)C1NCCC=C1c1ccc(Br)cc1F. The molecule has 0 saturated heterocycles. The molecule has 0 fully saturated rings. The quantitative estimate of drug-likeness (QED) is 0.811. The Morgan fingerprint density at radius 1 is 1.33 bits per heavy atom. The first-order valence-electron chi connectivity index (χ1n) is 6.28. The molecule has 1 aliphatic rings. The highest BCUT2D eigenvalue weighted by Gasteiger charge is 2.30. The molecule has 0 bridgehead atoms. The summed E-state index contributed by atoms with van der Waals surface area (Å²) in [6.45, 7) is 7.51. The Balaban J connectivity index is 2.44. The summed E-state index contributed by atoms with van der Waals surface area (Å²) in [6, 6.07) is 5.48. The summed E-state index contributed by atoms with van der Waals surface area (Å²) in [7, 11) is 0. The summed E-state index contributed by atoms with van der Waals surface area (Å²) in [6.07, 6.45) is 3.12. The van der Waals surface area contributed by atoms with Gasteiger partial charge in [-0.1, -0.05) is 48.8 Å². The maximum Gasteiger partial charge on any atom is 0.131 e. The smallest absolute Gasteiger partial charge is 0.131 e. The van der Waals surface area contributed by atoms with Gasteiger partial charge in [-0.05, 0) is 36.1 Å². The van der Waals surface area contributed by atoms with Crippen LogP contribution in [0.5, 0.6) is 0 Å². The molecule has 0 radical (unpaired) electrons. The summed E-state index contributed by atoms with van der Waals surface area (Å²) in [4.78, 5) is 0. The molecule has 3 heteroatoms. The third-order valence-corrected chi connectivity index (χ3v) is 3.77. The first kappa shape index (κ1) is 13.8. The predicted molar refractivity (Wildman–Crippen MR) is 77.9 cm³/mol. The van der Waals surface area contributed by atoms with Crippen LogP contribution in [0.2, 0.25) is 0 Å². The first-order chi connectivity index (χ1) is 8.39. The molecule has 1 atom stereocenters. The van der Waals surface area contributed by atoms with Gasteiger partial charge in [0.2, 0.25) is 0 Å². The van der Waals surface area contributed by atoms with Crippen LogP contribution in [0.3, 0.4) is 0 Å². The Morgan fingerprint density at radius 2 is 2.06 bits per heavy atom. The minimum absolute atomic E-state index is 0.0752. The van der Waals surface area contributed by atoms with Crippen molar-refractivity contribution in [1.82, 2.24) is 5.32 Å². The third-order valence-electron chi connectivity index (χ3n) is 3.28. The molecular formula is C15H19BrFN. The second kappa shape index (κ2) is 5.14. The van der Waals surface area contributed by atoms with E-state index in [-0.39, 0.29) is 17.3 Å². The maximum absolute atomic E-state index is 14.1. The molecule has 0 saturated carbocycles. The van der Waals surface area contributed by atoms with Gasteiger partial charge in [0, 0.05) is 16.1 Å². The van der Waals surface area contributed by atoms with Gasteiger partial charge >= 0.3 is 0 Å². The molecule has 1 nitrogen and oxygen atoms in total. The Morgan fingerprint density at radius 3 is 2.67 bits per heavy atom. The Hall–Kier alpha value is -0.670. The largest absolute Gasteiger partial charge is 0.309 e. The number of benzene rings is 1. The lowest BCUT2D eigenvalue weighted by atomic mass is 9.78. The average molecular weight is 312 g/mol. The molecule has 98 valence electrons. The second-order valence-corrected chi connectivity index (χ2v) is 6.74. The molecule has 2 rings (SSSR count). The zero-order valence-corrected chi connectivity index (χ0v) is 12.6. The number of hydrogen-bond acceptors (Lipinski definition) is 1. The van der Waals surface area contributed by atoms with Crippen LogP contribution < -0.4 is 5.32 Å². The van der Waals surface area contributed by atoms with Gasteiger partial charge in [0.25, 0.3) is 0 Å². The summed E-state index contributed by atoms with van der Waals surface area (Å²) in [5.41, 5.74) is 1.87. The lowest BCUT2D eigenvalue weighted by molar-refractivity contribution is 0.317. The van der Waals surface area contributed by atoms with Crippen molar-refractivity contribution < 1.29 is 4.39 Å². The minimum Gasteiger partial charge on any atom is -0.309 e. The van der Waals surface area contributed by atoms with Crippen LogP contribution in [0.25, 0.3) is 5.57 Å². The molecule has 1 aromatic rings. The fourth-order valence-corrected chi connectivity index (χ4v) is 2.78. The lowest BCUT2D eigenvalue weighted by Crippen LogP contribution is -2.43. The molecular weight excluding hydrogens is 293 g/mol. The average Bonchev–Trinajstić information content (AvgIpc) is 2.28. The van der Waals surface area contributed by atoms with Gasteiger partial charge in [-0.3, -0.25) is 0 Å². The van der Waals surface area contributed by atoms with Crippen LogP contribution in [0, 0.1) is 11.2 Å². The first-order valence-corrected chi connectivity index (χ1v) is 7.08. The Labute approximate surface area is 117 Å². The predicted octanol–water partition coefficient (Wildman–Crippen LogP) is 4.38. The molecule has 18 heavy (non-hydrogen) atoms. The highest BCUT2D eigenvalue weighted by molar-refractivity contribution is 9.10. The van der Waals surface area contributed by atoms with Crippen LogP contribution in [0.1, 0.15) is 32.8 Å². The van der Waals surface area contributed by atoms with E-state index in [1.807, 2.05) is 12.1 Å². The van der Waals surface area contributed by atoms with E-state index >= 15 is 0 Å². The normalized spacial score (nSPS) is 20.7. The van der Waals surface area contributed by atoms with Gasteiger partial charge in [0.1, 0.15) is 5.82 Å². The lowest BCUT2D eigenvalue weighted by Gasteiger charge is -2.36. The van der Waals surface area contributed by atoms with Crippen LogP contribution in [-0.2, 0) is 0 Å². The number of halogens is 2. The topological polar surface area (TPSA) is 12.0 Å². The van der Waals surface area contributed by atoms with E-state index in [1.165, 1.54) is 6.07 Å². The fourth-order valence-electron chi connectivity index (χ4n) is 2.44. The summed E-state index contributed by atoms with van der Waals surface area (Å²) >= 11 is 3.30. The van der Waals surface area contributed by atoms with Gasteiger partial charge < -0.3 is 5.32 Å². The van der Waals surface area contributed by atoms with E-state index in [0.29, 0.717) is 5.56 Å². The van der Waals surface area contributed by atoms with Crippen LogP contribution >= 0.6 is 15.9 Å². The molecule has 0 amide bonds. The van der Waals surface area contributed by atoms with Crippen molar-refractivity contribution in [2.45, 2.75) is 33.2 Å². The molecule has 1 N–H and O–H groups in total. The molecule has 0 aliphatic carbocycles. The van der Waals surface area contributed by atoms with Crippen LogP contribution in [0.15, 0.2) is 28.7 Å². The fraction of sp³-hybridized carbons (Fsp3) is 0.467. The monoisotopic (exact) mass is 311 g/mol. The maximum atomic E-state index is 14.1. The van der Waals surface area contributed by atoms with Gasteiger partial charge in [-0.25, -0.2) is 4.39 Å². The number of nitrogens with one attached hydrogen (secondary N) is 1. The van der Waals surface area contributed by atoms with Crippen LogP contribution in [-0.4, -0.2) is 12.6 Å². The van der Waals surface area contributed by atoms with E-state index in [9.17, 15) is 4.39 Å². The molecule has 0 spiro atoms. The van der Waals surface area contributed by atoms with Crippen molar-refractivity contribution in [3.05, 3.63) is 40.1 Å². The van der Waals surface area contributed by atoms with E-state index in [0.717, 1.165) is 23.0 Å². The van der Waals surface area contributed by atoms with Gasteiger partial charge in [0.05, 0.1) is 0 Å². The van der Waals surface area contributed by atoms with Gasteiger partial charge in [0.15, 0.2) is 0 Å². The van der Waals surface area contributed by atoms with E-state index in [1.54, 1.807) is 0 Å². The second-order valence-electron chi connectivity index (χ2n) is 5.83.